The van der Waals surface area contributed by atoms with Crippen LogP contribution in [0, 0.1) is 5.92 Å². The molecule has 0 saturated carbocycles. The maximum Gasteiger partial charge on any atom is 0.323 e. The van der Waals surface area contributed by atoms with Gasteiger partial charge in [-0.2, -0.15) is 0 Å². The smallest absolute Gasteiger partial charge is 0.323 e. The first-order valence-corrected chi connectivity index (χ1v) is 5.71. The van der Waals surface area contributed by atoms with Crippen molar-refractivity contribution in [1.82, 2.24) is 4.90 Å². The van der Waals surface area contributed by atoms with Gasteiger partial charge in [-0.25, -0.2) is 0 Å². The highest BCUT2D eigenvalue weighted by Gasteiger charge is 2.36. The Bertz CT molecular complexity index is 292. The molecule has 16 heavy (non-hydrogen) atoms. The molecule has 0 amide bonds. The molecule has 0 aromatic heterocycles. The van der Waals surface area contributed by atoms with Gasteiger partial charge in [0.05, 0.1) is 19.6 Å². The molecule has 0 aromatic carbocycles. The SMILES string of the molecule is COC(=O)C1CCCN(C2CCOC2=O)C1. The van der Waals surface area contributed by atoms with Crippen LogP contribution in [0.2, 0.25) is 0 Å². The lowest BCUT2D eigenvalue weighted by Gasteiger charge is -2.33. The van der Waals surface area contributed by atoms with Gasteiger partial charge in [0, 0.05) is 13.0 Å². The van der Waals surface area contributed by atoms with E-state index in [1.165, 1.54) is 7.11 Å². The van der Waals surface area contributed by atoms with E-state index in [1.54, 1.807) is 0 Å². The summed E-state index contributed by atoms with van der Waals surface area (Å²) in [6.45, 7) is 1.99. The van der Waals surface area contributed by atoms with E-state index in [9.17, 15) is 9.59 Å². The van der Waals surface area contributed by atoms with Gasteiger partial charge in [-0.05, 0) is 19.4 Å². The molecule has 0 aliphatic carbocycles. The second-order valence-corrected chi connectivity index (χ2v) is 4.33. The summed E-state index contributed by atoms with van der Waals surface area (Å²) in [5.41, 5.74) is 0. The zero-order valence-electron chi connectivity index (χ0n) is 9.48. The van der Waals surface area contributed by atoms with Gasteiger partial charge >= 0.3 is 11.9 Å². The molecule has 2 atom stereocenters. The zero-order chi connectivity index (χ0) is 11.5. The Labute approximate surface area is 94.7 Å². The van der Waals surface area contributed by atoms with Gasteiger partial charge in [-0.3, -0.25) is 14.5 Å². The van der Waals surface area contributed by atoms with Crippen LogP contribution in [0.4, 0.5) is 0 Å². The van der Waals surface area contributed by atoms with E-state index in [-0.39, 0.29) is 23.9 Å². The summed E-state index contributed by atoms with van der Waals surface area (Å²) in [4.78, 5) is 24.9. The third-order valence-corrected chi connectivity index (χ3v) is 3.34. The van der Waals surface area contributed by atoms with Crippen molar-refractivity contribution in [2.75, 3.05) is 26.8 Å². The van der Waals surface area contributed by atoms with Crippen molar-refractivity contribution in [3.63, 3.8) is 0 Å². The Morgan fingerprint density at radius 1 is 1.50 bits per heavy atom. The molecule has 2 fully saturated rings. The van der Waals surface area contributed by atoms with Gasteiger partial charge in [0.15, 0.2) is 0 Å². The first-order chi connectivity index (χ1) is 7.72. The van der Waals surface area contributed by atoms with E-state index in [2.05, 4.69) is 4.90 Å². The van der Waals surface area contributed by atoms with Gasteiger partial charge in [-0.1, -0.05) is 0 Å². The number of carbonyl (C=O) groups excluding carboxylic acids is 2. The minimum atomic E-state index is -0.170. The summed E-state index contributed by atoms with van der Waals surface area (Å²) in [6, 6.07) is -0.146. The molecule has 0 spiro atoms. The normalized spacial score (nSPS) is 31.2. The molecule has 0 radical (unpaired) electrons. The van der Waals surface area contributed by atoms with Crippen LogP contribution in [-0.4, -0.2) is 49.7 Å². The maximum absolute atomic E-state index is 11.4. The van der Waals surface area contributed by atoms with Crippen LogP contribution in [0.25, 0.3) is 0 Å². The summed E-state index contributed by atoms with van der Waals surface area (Å²) >= 11 is 0. The maximum atomic E-state index is 11.4. The van der Waals surface area contributed by atoms with E-state index in [0.29, 0.717) is 13.2 Å². The van der Waals surface area contributed by atoms with E-state index < -0.39 is 0 Å². The minimum Gasteiger partial charge on any atom is -0.469 e. The lowest BCUT2D eigenvalue weighted by molar-refractivity contribution is -0.150. The van der Waals surface area contributed by atoms with Crippen LogP contribution >= 0.6 is 0 Å². The van der Waals surface area contributed by atoms with Gasteiger partial charge in [0.2, 0.25) is 0 Å². The van der Waals surface area contributed by atoms with E-state index >= 15 is 0 Å². The van der Waals surface area contributed by atoms with Crippen LogP contribution in [0.1, 0.15) is 19.3 Å². The zero-order valence-corrected chi connectivity index (χ0v) is 9.48. The molecule has 2 aliphatic rings. The second-order valence-electron chi connectivity index (χ2n) is 4.33. The lowest BCUT2D eigenvalue weighted by atomic mass is 9.96. The molecular weight excluding hydrogens is 210 g/mol. The summed E-state index contributed by atoms with van der Waals surface area (Å²) < 4.78 is 9.69. The number of hydrogen-bond acceptors (Lipinski definition) is 5. The molecule has 0 N–H and O–H groups in total. The fourth-order valence-corrected chi connectivity index (χ4v) is 2.47. The van der Waals surface area contributed by atoms with E-state index in [1.807, 2.05) is 0 Å². The fourth-order valence-electron chi connectivity index (χ4n) is 2.47. The van der Waals surface area contributed by atoms with Gasteiger partial charge < -0.3 is 9.47 Å². The van der Waals surface area contributed by atoms with Gasteiger partial charge in [0.25, 0.3) is 0 Å². The molecule has 2 aliphatic heterocycles. The van der Waals surface area contributed by atoms with Crippen LogP contribution in [0.15, 0.2) is 0 Å². The number of piperidine rings is 1. The van der Waals surface area contributed by atoms with E-state index in [4.69, 9.17) is 9.47 Å². The number of methoxy groups -OCH3 is 1. The number of nitrogens with zero attached hydrogens (tertiary/aromatic N) is 1. The predicted octanol–water partition coefficient (Wildman–Crippen LogP) is 0.187. The first kappa shape index (κ1) is 11.4. The second kappa shape index (κ2) is 4.82. The number of esters is 2. The number of rotatable bonds is 2. The third kappa shape index (κ3) is 2.19. The number of likely N-dealkylation sites (tertiary alicyclic amines) is 1. The number of hydrogen-bond donors (Lipinski definition) is 0. The van der Waals surface area contributed by atoms with Crippen molar-refractivity contribution in [3.05, 3.63) is 0 Å². The predicted molar refractivity (Wildman–Crippen MR) is 55.7 cm³/mol. The highest BCUT2D eigenvalue weighted by Crippen LogP contribution is 2.23. The molecule has 0 aromatic rings. The monoisotopic (exact) mass is 227 g/mol. The molecule has 5 nitrogen and oxygen atoms in total. The van der Waals surface area contributed by atoms with Crippen molar-refractivity contribution < 1.29 is 19.1 Å². The average Bonchev–Trinajstić information content (AvgIpc) is 2.74. The van der Waals surface area contributed by atoms with Crippen LogP contribution < -0.4 is 0 Å². The molecule has 2 saturated heterocycles. The summed E-state index contributed by atoms with van der Waals surface area (Å²) in [5.74, 6) is -0.409. The summed E-state index contributed by atoms with van der Waals surface area (Å²) in [5, 5.41) is 0. The highest BCUT2D eigenvalue weighted by atomic mass is 16.5. The Kier molecular flexibility index (Phi) is 3.43. The third-order valence-electron chi connectivity index (χ3n) is 3.34. The molecule has 0 bridgehead atoms. The fraction of sp³-hybridized carbons (Fsp3) is 0.818. The van der Waals surface area contributed by atoms with E-state index in [0.717, 1.165) is 25.8 Å². The summed E-state index contributed by atoms with van der Waals surface area (Å²) in [7, 11) is 1.41. The largest absolute Gasteiger partial charge is 0.469 e. The summed E-state index contributed by atoms with van der Waals surface area (Å²) in [6.07, 6.45) is 2.53. The van der Waals surface area contributed by atoms with Crippen molar-refractivity contribution in [1.29, 1.82) is 0 Å². The van der Waals surface area contributed by atoms with Crippen molar-refractivity contribution in [3.8, 4) is 0 Å². The lowest BCUT2D eigenvalue weighted by Crippen LogP contribution is -2.46. The first-order valence-electron chi connectivity index (χ1n) is 5.71. The van der Waals surface area contributed by atoms with Crippen LogP contribution in [-0.2, 0) is 19.1 Å². The van der Waals surface area contributed by atoms with Crippen molar-refractivity contribution in [2.45, 2.75) is 25.3 Å². The molecule has 2 heterocycles. The van der Waals surface area contributed by atoms with Crippen molar-refractivity contribution >= 4 is 11.9 Å². The quantitative estimate of drug-likeness (QED) is 0.630. The Morgan fingerprint density at radius 2 is 2.31 bits per heavy atom. The van der Waals surface area contributed by atoms with Crippen molar-refractivity contribution in [2.24, 2.45) is 5.92 Å². The highest BCUT2D eigenvalue weighted by molar-refractivity contribution is 5.78. The standard InChI is InChI=1S/C11H17NO4/c1-15-10(13)8-3-2-5-12(7-8)9-4-6-16-11(9)14/h8-9H,2-7H2,1H3. The molecular formula is C11H17NO4. The minimum absolute atomic E-state index is 0.0906. The number of ether oxygens (including phenoxy) is 2. The Morgan fingerprint density at radius 3 is 2.94 bits per heavy atom. The Balaban J connectivity index is 1.96. The van der Waals surface area contributed by atoms with Gasteiger partial charge in [0.1, 0.15) is 6.04 Å². The molecule has 2 rings (SSSR count). The molecule has 2 unspecified atom stereocenters. The average molecular weight is 227 g/mol. The molecule has 5 heteroatoms. The van der Waals surface area contributed by atoms with Crippen LogP contribution in [0.5, 0.6) is 0 Å². The topological polar surface area (TPSA) is 55.8 Å². The Hall–Kier alpha value is -1.10. The van der Waals surface area contributed by atoms with Gasteiger partial charge in [-0.15, -0.1) is 0 Å². The number of cyclic esters (lactones) is 1. The molecule has 90 valence electrons. The van der Waals surface area contributed by atoms with Crippen LogP contribution in [0.3, 0.4) is 0 Å². The number of carbonyl (C=O) groups is 2.